The molecule has 1 N–H and O–H groups in total. The zero-order valence-corrected chi connectivity index (χ0v) is 8.45. The number of halogens is 1. The number of fused-ring (bicyclic) bond motifs is 1. The summed E-state index contributed by atoms with van der Waals surface area (Å²) in [6, 6.07) is 3.79. The maximum atomic E-state index is 5.10. The Morgan fingerprint density at radius 3 is 3.17 bits per heavy atom. The van der Waals surface area contributed by atoms with E-state index in [2.05, 4.69) is 25.9 Å². The summed E-state index contributed by atoms with van der Waals surface area (Å²) in [4.78, 5) is 7.27. The second kappa shape index (κ2) is 2.95. The highest BCUT2D eigenvalue weighted by molar-refractivity contribution is 9.10. The van der Waals surface area contributed by atoms with Crippen LogP contribution in [0.3, 0.4) is 0 Å². The third-order valence-electron chi connectivity index (χ3n) is 1.56. The molecule has 0 saturated carbocycles. The van der Waals surface area contributed by atoms with E-state index >= 15 is 0 Å². The fraction of sp³-hybridized carbons (Fsp3) is 0. The Labute approximate surface area is 82.8 Å². The van der Waals surface area contributed by atoms with Crippen LogP contribution in [0.5, 0.6) is 0 Å². The largest absolute Gasteiger partial charge is 0.360 e. The average molecular weight is 241 g/mol. The standard InChI is InChI=1S/C8H5BrN2S/c9-5-3-6-8(11-4-5)7(12)1-2-10-6/h1-4H,(H,10,12). The van der Waals surface area contributed by atoms with Crippen molar-refractivity contribution < 1.29 is 0 Å². The Morgan fingerprint density at radius 2 is 2.33 bits per heavy atom. The van der Waals surface area contributed by atoms with E-state index in [1.807, 2.05) is 18.3 Å². The van der Waals surface area contributed by atoms with E-state index in [1.54, 1.807) is 6.20 Å². The van der Waals surface area contributed by atoms with Crippen molar-refractivity contribution >= 4 is 39.2 Å². The number of aromatic nitrogens is 2. The van der Waals surface area contributed by atoms with Crippen LogP contribution in [0.2, 0.25) is 0 Å². The first-order chi connectivity index (χ1) is 5.77. The minimum absolute atomic E-state index is 0.774. The van der Waals surface area contributed by atoms with Crippen molar-refractivity contribution in [3.8, 4) is 0 Å². The molecule has 0 bridgehead atoms. The number of nitrogens with one attached hydrogen (secondary N) is 1. The second-order valence-corrected chi connectivity index (χ2v) is 3.75. The zero-order valence-electron chi connectivity index (χ0n) is 6.04. The second-order valence-electron chi connectivity index (χ2n) is 2.39. The average Bonchev–Trinajstić information content (AvgIpc) is 2.04. The van der Waals surface area contributed by atoms with Crippen LogP contribution in [0.25, 0.3) is 11.0 Å². The van der Waals surface area contributed by atoms with E-state index in [0.29, 0.717) is 0 Å². The highest BCUT2D eigenvalue weighted by Gasteiger charge is 1.95. The maximum absolute atomic E-state index is 5.10. The molecule has 0 aromatic carbocycles. The minimum Gasteiger partial charge on any atom is -0.360 e. The Hall–Kier alpha value is -0.740. The maximum Gasteiger partial charge on any atom is 0.105 e. The summed E-state index contributed by atoms with van der Waals surface area (Å²) >= 11 is 8.44. The predicted molar refractivity (Wildman–Crippen MR) is 54.6 cm³/mol. The Kier molecular flexibility index (Phi) is 1.94. The van der Waals surface area contributed by atoms with Gasteiger partial charge in [0.25, 0.3) is 0 Å². The van der Waals surface area contributed by atoms with Crippen molar-refractivity contribution in [2.45, 2.75) is 0 Å². The lowest BCUT2D eigenvalue weighted by Crippen LogP contribution is -1.82. The highest BCUT2D eigenvalue weighted by Crippen LogP contribution is 2.15. The van der Waals surface area contributed by atoms with Crippen LogP contribution < -0.4 is 0 Å². The molecule has 0 aliphatic carbocycles. The van der Waals surface area contributed by atoms with Gasteiger partial charge in [-0.15, -0.1) is 0 Å². The SMILES string of the molecule is S=c1cc[nH]c2cc(Br)cnc12. The summed E-state index contributed by atoms with van der Waals surface area (Å²) < 4.78 is 1.73. The quantitative estimate of drug-likeness (QED) is 0.718. The Morgan fingerprint density at radius 1 is 1.50 bits per heavy atom. The molecule has 4 heteroatoms. The van der Waals surface area contributed by atoms with E-state index < -0.39 is 0 Å². The number of H-pyrrole nitrogens is 1. The number of rotatable bonds is 0. The molecule has 0 amide bonds. The van der Waals surface area contributed by atoms with Gasteiger partial charge >= 0.3 is 0 Å². The number of aromatic amines is 1. The molecule has 0 aliphatic rings. The smallest absolute Gasteiger partial charge is 0.105 e. The first-order valence-electron chi connectivity index (χ1n) is 3.40. The molecule has 2 aromatic heterocycles. The van der Waals surface area contributed by atoms with Gasteiger partial charge in [-0.25, -0.2) is 0 Å². The van der Waals surface area contributed by atoms with Crippen LogP contribution >= 0.6 is 28.1 Å². The Balaban J connectivity index is 2.96. The third kappa shape index (κ3) is 1.28. The van der Waals surface area contributed by atoms with Gasteiger partial charge in [0.15, 0.2) is 0 Å². The summed E-state index contributed by atoms with van der Waals surface area (Å²) in [6.45, 7) is 0. The van der Waals surface area contributed by atoms with Gasteiger partial charge in [-0.1, -0.05) is 12.2 Å². The highest BCUT2D eigenvalue weighted by atomic mass is 79.9. The molecule has 2 rings (SSSR count). The van der Waals surface area contributed by atoms with Crippen molar-refractivity contribution in [2.24, 2.45) is 0 Å². The summed E-state index contributed by atoms with van der Waals surface area (Å²) in [5.74, 6) is 0. The predicted octanol–water partition coefficient (Wildman–Crippen LogP) is 3.05. The summed E-state index contributed by atoms with van der Waals surface area (Å²) in [5.41, 5.74) is 1.80. The summed E-state index contributed by atoms with van der Waals surface area (Å²) in [6.07, 6.45) is 3.56. The van der Waals surface area contributed by atoms with Gasteiger partial charge in [-0.3, -0.25) is 4.98 Å². The molecule has 0 saturated heterocycles. The van der Waals surface area contributed by atoms with Crippen molar-refractivity contribution in [1.82, 2.24) is 9.97 Å². The van der Waals surface area contributed by atoms with E-state index in [-0.39, 0.29) is 0 Å². The van der Waals surface area contributed by atoms with E-state index in [1.165, 1.54) is 0 Å². The van der Waals surface area contributed by atoms with Gasteiger partial charge in [0, 0.05) is 16.9 Å². The third-order valence-corrected chi connectivity index (χ3v) is 2.32. The molecule has 0 radical (unpaired) electrons. The van der Waals surface area contributed by atoms with E-state index in [4.69, 9.17) is 12.2 Å². The fourth-order valence-electron chi connectivity index (χ4n) is 1.03. The van der Waals surface area contributed by atoms with Gasteiger partial charge in [0.2, 0.25) is 0 Å². The zero-order chi connectivity index (χ0) is 8.55. The molecule has 0 fully saturated rings. The van der Waals surface area contributed by atoms with E-state index in [9.17, 15) is 0 Å². The van der Waals surface area contributed by atoms with Crippen LogP contribution in [0, 0.1) is 4.51 Å². The molecule has 2 heterocycles. The Bertz CT molecular complexity index is 478. The molecule has 2 nitrogen and oxygen atoms in total. The molecule has 60 valence electrons. The van der Waals surface area contributed by atoms with Gasteiger partial charge in [-0.2, -0.15) is 0 Å². The van der Waals surface area contributed by atoms with Crippen molar-refractivity contribution in [2.75, 3.05) is 0 Å². The lowest BCUT2D eigenvalue weighted by atomic mass is 10.3. The molecule has 0 aliphatic heterocycles. The van der Waals surface area contributed by atoms with Gasteiger partial charge in [0.05, 0.1) is 10.0 Å². The molecule has 12 heavy (non-hydrogen) atoms. The first kappa shape index (κ1) is 7.89. The summed E-state index contributed by atoms with van der Waals surface area (Å²) in [5, 5.41) is 0. The molecule has 0 unspecified atom stereocenters. The van der Waals surface area contributed by atoms with Crippen molar-refractivity contribution in [3.63, 3.8) is 0 Å². The molecule has 2 aromatic rings. The fourth-order valence-corrected chi connectivity index (χ4v) is 1.59. The van der Waals surface area contributed by atoms with Gasteiger partial charge in [0.1, 0.15) is 5.52 Å². The van der Waals surface area contributed by atoms with E-state index in [0.717, 1.165) is 20.0 Å². The lowest BCUT2D eigenvalue weighted by molar-refractivity contribution is 1.32. The number of hydrogen-bond acceptors (Lipinski definition) is 2. The van der Waals surface area contributed by atoms with Crippen molar-refractivity contribution in [1.29, 1.82) is 0 Å². The van der Waals surface area contributed by atoms with Gasteiger partial charge in [-0.05, 0) is 28.1 Å². The van der Waals surface area contributed by atoms with Crippen LogP contribution in [-0.2, 0) is 0 Å². The van der Waals surface area contributed by atoms with Gasteiger partial charge < -0.3 is 4.98 Å². The molecular formula is C8H5BrN2S. The number of nitrogens with zero attached hydrogens (tertiary/aromatic N) is 1. The molecule has 0 atom stereocenters. The van der Waals surface area contributed by atoms with Crippen LogP contribution in [0.15, 0.2) is 29.0 Å². The minimum atomic E-state index is 0.774. The van der Waals surface area contributed by atoms with Crippen molar-refractivity contribution in [3.05, 3.63) is 33.5 Å². The first-order valence-corrected chi connectivity index (χ1v) is 4.60. The van der Waals surface area contributed by atoms with Crippen LogP contribution in [0.1, 0.15) is 0 Å². The topological polar surface area (TPSA) is 28.7 Å². The normalized spacial score (nSPS) is 10.4. The number of pyridine rings is 2. The monoisotopic (exact) mass is 240 g/mol. The summed E-state index contributed by atoms with van der Waals surface area (Å²) in [7, 11) is 0. The van der Waals surface area contributed by atoms with Crippen LogP contribution in [0.4, 0.5) is 0 Å². The number of hydrogen-bond donors (Lipinski definition) is 1. The van der Waals surface area contributed by atoms with Crippen LogP contribution in [-0.4, -0.2) is 9.97 Å². The molecule has 0 spiro atoms. The molecular weight excluding hydrogens is 236 g/mol. The lowest BCUT2D eigenvalue weighted by Gasteiger charge is -1.96.